The molecule has 0 radical (unpaired) electrons. The summed E-state index contributed by atoms with van der Waals surface area (Å²) < 4.78 is 4.89. The first-order chi connectivity index (χ1) is 9.75. The average molecular weight is 274 g/mol. The minimum atomic E-state index is -0.239. The van der Waals surface area contributed by atoms with Gasteiger partial charge in [0.25, 0.3) is 0 Å². The maximum absolute atomic E-state index is 11.9. The highest BCUT2D eigenvalue weighted by atomic mass is 16.6. The first-order valence-electron chi connectivity index (χ1n) is 7.06. The summed E-state index contributed by atoms with van der Waals surface area (Å²) in [5.74, 6) is 0.234. The van der Waals surface area contributed by atoms with Crippen LogP contribution in [0, 0.1) is 0 Å². The first-order valence-corrected chi connectivity index (χ1v) is 7.06. The van der Waals surface area contributed by atoms with Crippen LogP contribution in [0.1, 0.15) is 28.8 Å². The number of Topliss-reactive ketones (excluding diaryl/α,β-unsaturated/α-hetero) is 1. The minimum Gasteiger partial charge on any atom is -0.448 e. The van der Waals surface area contributed by atoms with Crippen molar-refractivity contribution in [3.63, 3.8) is 0 Å². The third kappa shape index (κ3) is 2.48. The smallest absolute Gasteiger partial charge is 0.409 e. The van der Waals surface area contributed by atoms with Crippen LogP contribution in [-0.2, 0) is 11.2 Å². The molecule has 20 heavy (non-hydrogen) atoms. The Labute approximate surface area is 117 Å². The summed E-state index contributed by atoms with van der Waals surface area (Å²) in [6.07, 6.45) is 2.27. The zero-order valence-corrected chi connectivity index (χ0v) is 11.4. The molecular formula is C15H18N2O3. The van der Waals surface area contributed by atoms with E-state index in [1.54, 1.807) is 4.90 Å². The van der Waals surface area contributed by atoms with Crippen LogP contribution in [0.15, 0.2) is 18.2 Å². The number of nitrogens with zero attached hydrogens (tertiary/aromatic N) is 1. The molecule has 1 aromatic carbocycles. The third-order valence-electron chi connectivity index (χ3n) is 3.85. The highest BCUT2D eigenvalue weighted by Crippen LogP contribution is 2.27. The molecule has 1 aromatic rings. The number of amides is 1. The lowest BCUT2D eigenvalue weighted by Crippen LogP contribution is -2.30. The molecule has 1 amide bonds. The van der Waals surface area contributed by atoms with E-state index >= 15 is 0 Å². The first kappa shape index (κ1) is 13.0. The topological polar surface area (TPSA) is 58.6 Å². The number of nitrogens with one attached hydrogen (secondary N) is 1. The Morgan fingerprint density at radius 2 is 2.15 bits per heavy atom. The molecule has 5 heteroatoms. The van der Waals surface area contributed by atoms with E-state index in [1.165, 1.54) is 0 Å². The van der Waals surface area contributed by atoms with Crippen LogP contribution < -0.4 is 5.32 Å². The molecule has 0 aromatic heterocycles. The summed E-state index contributed by atoms with van der Waals surface area (Å²) >= 11 is 0. The van der Waals surface area contributed by atoms with E-state index in [2.05, 4.69) is 5.32 Å². The zero-order chi connectivity index (χ0) is 13.9. The summed E-state index contributed by atoms with van der Waals surface area (Å²) in [6, 6.07) is 5.81. The average Bonchev–Trinajstić information content (AvgIpc) is 2.86. The summed E-state index contributed by atoms with van der Waals surface area (Å²) in [5.41, 5.74) is 2.98. The van der Waals surface area contributed by atoms with Crippen LogP contribution in [0.25, 0.3) is 0 Å². The Hall–Kier alpha value is -2.04. The zero-order valence-electron chi connectivity index (χ0n) is 11.4. The number of ether oxygens (including phenoxy) is 1. The minimum absolute atomic E-state index is 0.234. The van der Waals surface area contributed by atoms with Gasteiger partial charge in [-0.3, -0.25) is 4.79 Å². The van der Waals surface area contributed by atoms with Crippen molar-refractivity contribution in [2.75, 3.05) is 31.6 Å². The summed E-state index contributed by atoms with van der Waals surface area (Å²) in [6.45, 7) is 2.43. The normalized spacial score (nSPS) is 17.9. The van der Waals surface area contributed by atoms with Crippen molar-refractivity contribution >= 4 is 17.6 Å². The molecule has 3 rings (SSSR count). The molecule has 1 fully saturated rings. The maximum atomic E-state index is 11.9. The summed E-state index contributed by atoms with van der Waals surface area (Å²) in [4.78, 5) is 24.9. The Morgan fingerprint density at radius 1 is 1.25 bits per heavy atom. The standard InChI is InChI=1S/C15H18N2O3/c18-14-6-2-3-11-12(14)4-1-5-13(11)16-7-8-17-9-10-20-15(17)19/h1,4-5,16H,2-3,6-10H2. The fourth-order valence-corrected chi connectivity index (χ4v) is 2.80. The number of carbonyl (C=O) groups excluding carboxylic acids is 2. The van der Waals surface area contributed by atoms with Crippen LogP contribution in [0.2, 0.25) is 0 Å². The van der Waals surface area contributed by atoms with E-state index in [0.717, 1.165) is 29.7 Å². The number of ketones is 1. The van der Waals surface area contributed by atoms with Crippen LogP contribution in [-0.4, -0.2) is 43.0 Å². The SMILES string of the molecule is O=C1CCCc2c(NCCN3CCOC3=O)cccc21. The molecule has 1 aliphatic carbocycles. The van der Waals surface area contributed by atoms with Crippen molar-refractivity contribution in [1.82, 2.24) is 4.90 Å². The number of carbonyl (C=O) groups is 2. The van der Waals surface area contributed by atoms with Gasteiger partial charge in [-0.1, -0.05) is 12.1 Å². The van der Waals surface area contributed by atoms with Gasteiger partial charge in [0.05, 0.1) is 6.54 Å². The van der Waals surface area contributed by atoms with E-state index in [4.69, 9.17) is 4.74 Å². The number of anilines is 1. The number of rotatable bonds is 4. The van der Waals surface area contributed by atoms with Gasteiger partial charge in [0.2, 0.25) is 0 Å². The van der Waals surface area contributed by atoms with Crippen molar-refractivity contribution in [2.24, 2.45) is 0 Å². The van der Waals surface area contributed by atoms with Gasteiger partial charge in [-0.05, 0) is 24.5 Å². The maximum Gasteiger partial charge on any atom is 0.409 e. The predicted molar refractivity (Wildman–Crippen MR) is 75.1 cm³/mol. The predicted octanol–water partition coefficient (Wildman–Crippen LogP) is 2.07. The van der Waals surface area contributed by atoms with Crippen LogP contribution in [0.5, 0.6) is 0 Å². The molecule has 5 nitrogen and oxygen atoms in total. The fraction of sp³-hybridized carbons (Fsp3) is 0.467. The Morgan fingerprint density at radius 3 is 2.95 bits per heavy atom. The van der Waals surface area contributed by atoms with Crippen molar-refractivity contribution < 1.29 is 14.3 Å². The van der Waals surface area contributed by atoms with Crippen molar-refractivity contribution in [2.45, 2.75) is 19.3 Å². The number of benzene rings is 1. The molecule has 106 valence electrons. The molecule has 2 aliphatic rings. The molecule has 0 atom stereocenters. The van der Waals surface area contributed by atoms with E-state index in [-0.39, 0.29) is 11.9 Å². The third-order valence-corrected chi connectivity index (χ3v) is 3.85. The lowest BCUT2D eigenvalue weighted by atomic mass is 9.89. The van der Waals surface area contributed by atoms with E-state index in [9.17, 15) is 9.59 Å². The second-order valence-electron chi connectivity index (χ2n) is 5.14. The Balaban J connectivity index is 1.64. The van der Waals surface area contributed by atoms with Gasteiger partial charge >= 0.3 is 6.09 Å². The molecular weight excluding hydrogens is 256 g/mol. The molecule has 1 saturated heterocycles. The lowest BCUT2D eigenvalue weighted by Gasteiger charge is -2.20. The summed E-state index contributed by atoms with van der Waals surface area (Å²) in [7, 11) is 0. The lowest BCUT2D eigenvalue weighted by molar-refractivity contribution is 0.0972. The number of fused-ring (bicyclic) bond motifs is 1. The molecule has 1 heterocycles. The number of hydrogen-bond acceptors (Lipinski definition) is 4. The van der Waals surface area contributed by atoms with Gasteiger partial charge in [0, 0.05) is 30.8 Å². The second kappa shape index (κ2) is 5.53. The van der Waals surface area contributed by atoms with Gasteiger partial charge < -0.3 is 15.0 Å². The molecule has 0 saturated carbocycles. The quantitative estimate of drug-likeness (QED) is 0.913. The van der Waals surface area contributed by atoms with Gasteiger partial charge in [0.15, 0.2) is 5.78 Å². The fourth-order valence-electron chi connectivity index (χ4n) is 2.80. The highest BCUT2D eigenvalue weighted by Gasteiger charge is 2.22. The molecule has 0 spiro atoms. The number of cyclic esters (lactones) is 1. The van der Waals surface area contributed by atoms with Gasteiger partial charge in [0.1, 0.15) is 6.61 Å². The van der Waals surface area contributed by atoms with Crippen molar-refractivity contribution in [3.8, 4) is 0 Å². The molecule has 0 bridgehead atoms. The van der Waals surface area contributed by atoms with Crippen LogP contribution >= 0.6 is 0 Å². The van der Waals surface area contributed by atoms with Gasteiger partial charge in [-0.25, -0.2) is 4.79 Å². The van der Waals surface area contributed by atoms with Crippen molar-refractivity contribution in [3.05, 3.63) is 29.3 Å². The molecule has 1 N–H and O–H groups in total. The van der Waals surface area contributed by atoms with Crippen LogP contribution in [0.4, 0.5) is 10.5 Å². The second-order valence-corrected chi connectivity index (χ2v) is 5.14. The van der Waals surface area contributed by atoms with Crippen LogP contribution in [0.3, 0.4) is 0 Å². The number of hydrogen-bond donors (Lipinski definition) is 1. The van der Waals surface area contributed by atoms with Crippen molar-refractivity contribution in [1.29, 1.82) is 0 Å². The molecule has 0 unspecified atom stereocenters. The van der Waals surface area contributed by atoms with E-state index in [0.29, 0.717) is 32.7 Å². The molecule has 1 aliphatic heterocycles. The monoisotopic (exact) mass is 274 g/mol. The summed E-state index contributed by atoms with van der Waals surface area (Å²) in [5, 5.41) is 3.34. The Kier molecular flexibility index (Phi) is 3.58. The van der Waals surface area contributed by atoms with E-state index < -0.39 is 0 Å². The van der Waals surface area contributed by atoms with Gasteiger partial charge in [-0.2, -0.15) is 0 Å². The largest absolute Gasteiger partial charge is 0.448 e. The highest BCUT2D eigenvalue weighted by molar-refractivity contribution is 5.99. The van der Waals surface area contributed by atoms with E-state index in [1.807, 2.05) is 18.2 Å². The Bertz CT molecular complexity index is 542. The van der Waals surface area contributed by atoms with Gasteiger partial charge in [-0.15, -0.1) is 0 Å².